The Labute approximate surface area is 116 Å². The Bertz CT molecular complexity index is 551. The zero-order valence-electron chi connectivity index (χ0n) is 11.0. The molecule has 0 radical (unpaired) electrons. The average molecular weight is 281 g/mol. The van der Waals surface area contributed by atoms with Crippen LogP contribution in [0.25, 0.3) is 0 Å². The molecular weight excluding hydrogens is 264 g/mol. The van der Waals surface area contributed by atoms with E-state index in [2.05, 4.69) is 23.7 Å². The van der Waals surface area contributed by atoms with E-state index in [9.17, 15) is 8.78 Å². The van der Waals surface area contributed by atoms with Gasteiger partial charge in [-0.15, -0.1) is 11.3 Å². The first-order valence-electron chi connectivity index (χ1n) is 6.33. The molecule has 0 amide bonds. The summed E-state index contributed by atoms with van der Waals surface area (Å²) >= 11 is 1.69. The number of aryl methyl sites for hydroxylation is 1. The fourth-order valence-corrected chi connectivity index (χ4v) is 3.15. The number of hydrogen-bond acceptors (Lipinski definition) is 2. The normalized spacial score (nSPS) is 12.6. The van der Waals surface area contributed by atoms with Crippen LogP contribution in [-0.4, -0.2) is 6.54 Å². The average Bonchev–Trinajstić information content (AvgIpc) is 2.79. The van der Waals surface area contributed by atoms with Crippen LogP contribution >= 0.6 is 11.3 Å². The SMILES string of the molecule is CCNC(Cc1ccc(F)c(F)c1)c1sccc1C. The predicted molar refractivity (Wildman–Crippen MR) is 75.5 cm³/mol. The van der Waals surface area contributed by atoms with Gasteiger partial charge in [0.05, 0.1) is 0 Å². The molecule has 4 heteroatoms. The van der Waals surface area contributed by atoms with Gasteiger partial charge in [0.2, 0.25) is 0 Å². The molecule has 19 heavy (non-hydrogen) atoms. The maximum absolute atomic E-state index is 13.2. The molecule has 1 unspecified atom stereocenters. The third-order valence-electron chi connectivity index (χ3n) is 3.09. The molecule has 0 saturated heterocycles. The molecule has 1 aromatic heterocycles. The van der Waals surface area contributed by atoms with E-state index < -0.39 is 11.6 Å². The molecule has 0 aliphatic rings. The van der Waals surface area contributed by atoms with E-state index in [1.165, 1.54) is 22.6 Å². The Morgan fingerprint density at radius 3 is 2.58 bits per heavy atom. The van der Waals surface area contributed by atoms with Gasteiger partial charge in [-0.25, -0.2) is 8.78 Å². The van der Waals surface area contributed by atoms with Gasteiger partial charge in [-0.05, 0) is 54.6 Å². The number of benzene rings is 1. The fraction of sp³-hybridized carbons (Fsp3) is 0.333. The van der Waals surface area contributed by atoms with Crippen molar-refractivity contribution in [3.8, 4) is 0 Å². The third kappa shape index (κ3) is 3.39. The molecule has 102 valence electrons. The van der Waals surface area contributed by atoms with Gasteiger partial charge in [0.1, 0.15) is 0 Å². The van der Waals surface area contributed by atoms with Gasteiger partial charge >= 0.3 is 0 Å². The van der Waals surface area contributed by atoms with Crippen molar-refractivity contribution in [2.24, 2.45) is 0 Å². The smallest absolute Gasteiger partial charge is 0.159 e. The summed E-state index contributed by atoms with van der Waals surface area (Å²) in [7, 11) is 0. The first-order valence-corrected chi connectivity index (χ1v) is 7.21. The molecule has 0 saturated carbocycles. The molecule has 1 aromatic carbocycles. The van der Waals surface area contributed by atoms with Gasteiger partial charge in [-0.3, -0.25) is 0 Å². The van der Waals surface area contributed by atoms with Crippen LogP contribution in [0.5, 0.6) is 0 Å². The van der Waals surface area contributed by atoms with Gasteiger partial charge < -0.3 is 5.32 Å². The van der Waals surface area contributed by atoms with Crippen LogP contribution < -0.4 is 5.32 Å². The second-order valence-corrected chi connectivity index (χ2v) is 5.48. The lowest BCUT2D eigenvalue weighted by atomic mass is 10.0. The van der Waals surface area contributed by atoms with Gasteiger partial charge in [0, 0.05) is 10.9 Å². The minimum Gasteiger partial charge on any atom is -0.309 e. The summed E-state index contributed by atoms with van der Waals surface area (Å²) < 4.78 is 26.2. The fourth-order valence-electron chi connectivity index (χ4n) is 2.15. The summed E-state index contributed by atoms with van der Waals surface area (Å²) in [5.41, 5.74) is 2.04. The maximum Gasteiger partial charge on any atom is 0.159 e. The van der Waals surface area contributed by atoms with Crippen LogP contribution in [0.1, 0.15) is 29.0 Å². The maximum atomic E-state index is 13.2. The van der Waals surface area contributed by atoms with Crippen molar-refractivity contribution < 1.29 is 8.78 Å². The Hall–Kier alpha value is -1.26. The van der Waals surface area contributed by atoms with Crippen LogP contribution in [0.2, 0.25) is 0 Å². The van der Waals surface area contributed by atoms with E-state index in [1.54, 1.807) is 17.4 Å². The molecule has 0 aliphatic heterocycles. The van der Waals surface area contributed by atoms with Crippen molar-refractivity contribution >= 4 is 11.3 Å². The lowest BCUT2D eigenvalue weighted by Crippen LogP contribution is -2.22. The first kappa shape index (κ1) is 14.2. The molecule has 1 atom stereocenters. The van der Waals surface area contributed by atoms with Crippen molar-refractivity contribution in [3.05, 3.63) is 57.3 Å². The Morgan fingerprint density at radius 2 is 2.00 bits per heavy atom. The molecule has 0 fully saturated rings. The number of hydrogen-bond donors (Lipinski definition) is 1. The van der Waals surface area contributed by atoms with Crippen molar-refractivity contribution in [1.82, 2.24) is 5.32 Å². The van der Waals surface area contributed by atoms with Crippen LogP contribution in [-0.2, 0) is 6.42 Å². The van der Waals surface area contributed by atoms with E-state index in [-0.39, 0.29) is 6.04 Å². The van der Waals surface area contributed by atoms with Gasteiger partial charge in [0.25, 0.3) is 0 Å². The van der Waals surface area contributed by atoms with E-state index in [0.717, 1.165) is 12.1 Å². The molecule has 0 spiro atoms. The summed E-state index contributed by atoms with van der Waals surface area (Å²) in [5.74, 6) is -1.58. The lowest BCUT2D eigenvalue weighted by Gasteiger charge is -2.18. The number of rotatable bonds is 5. The summed E-state index contributed by atoms with van der Waals surface area (Å²) in [6.45, 7) is 4.95. The Morgan fingerprint density at radius 1 is 1.21 bits per heavy atom. The molecule has 1 heterocycles. The summed E-state index contributed by atoms with van der Waals surface area (Å²) in [4.78, 5) is 1.26. The minimum atomic E-state index is -0.795. The Kier molecular flexibility index (Phi) is 4.66. The Balaban J connectivity index is 2.21. The molecule has 1 N–H and O–H groups in total. The summed E-state index contributed by atoms with van der Waals surface area (Å²) in [5, 5.41) is 5.46. The summed E-state index contributed by atoms with van der Waals surface area (Å²) in [6.07, 6.45) is 0.659. The second kappa shape index (κ2) is 6.26. The van der Waals surface area contributed by atoms with Crippen LogP contribution in [0.4, 0.5) is 8.78 Å². The largest absolute Gasteiger partial charge is 0.309 e. The molecule has 0 bridgehead atoms. The summed E-state index contributed by atoms with van der Waals surface area (Å²) in [6, 6.07) is 6.34. The predicted octanol–water partition coefficient (Wildman–Crippen LogP) is 4.23. The van der Waals surface area contributed by atoms with Crippen LogP contribution in [0, 0.1) is 18.6 Å². The van der Waals surface area contributed by atoms with Crippen LogP contribution in [0.3, 0.4) is 0 Å². The van der Waals surface area contributed by atoms with Crippen molar-refractivity contribution in [2.75, 3.05) is 6.54 Å². The third-order valence-corrected chi connectivity index (χ3v) is 4.23. The van der Waals surface area contributed by atoms with Gasteiger partial charge in [-0.2, -0.15) is 0 Å². The number of nitrogens with one attached hydrogen (secondary N) is 1. The highest BCUT2D eigenvalue weighted by molar-refractivity contribution is 7.10. The minimum absolute atomic E-state index is 0.148. The van der Waals surface area contributed by atoms with Gasteiger partial charge in [-0.1, -0.05) is 13.0 Å². The molecular formula is C15H17F2NS. The molecule has 1 nitrogen and oxygen atoms in total. The van der Waals surface area contributed by atoms with Crippen molar-refractivity contribution in [1.29, 1.82) is 0 Å². The second-order valence-electron chi connectivity index (χ2n) is 4.53. The van der Waals surface area contributed by atoms with E-state index in [0.29, 0.717) is 6.42 Å². The van der Waals surface area contributed by atoms with E-state index in [4.69, 9.17) is 0 Å². The highest BCUT2D eigenvalue weighted by atomic mass is 32.1. The zero-order valence-corrected chi connectivity index (χ0v) is 11.9. The van der Waals surface area contributed by atoms with E-state index in [1.807, 2.05) is 6.92 Å². The molecule has 2 aromatic rings. The van der Waals surface area contributed by atoms with Gasteiger partial charge in [0.15, 0.2) is 11.6 Å². The number of likely N-dealkylation sites (N-methyl/N-ethyl adjacent to an activating group) is 1. The topological polar surface area (TPSA) is 12.0 Å². The highest BCUT2D eigenvalue weighted by Gasteiger charge is 2.15. The van der Waals surface area contributed by atoms with E-state index >= 15 is 0 Å². The molecule has 2 rings (SSSR count). The highest BCUT2D eigenvalue weighted by Crippen LogP contribution is 2.27. The monoisotopic (exact) mass is 281 g/mol. The lowest BCUT2D eigenvalue weighted by molar-refractivity contribution is 0.503. The van der Waals surface area contributed by atoms with Crippen molar-refractivity contribution in [3.63, 3.8) is 0 Å². The number of thiophene rings is 1. The quantitative estimate of drug-likeness (QED) is 0.865. The zero-order chi connectivity index (χ0) is 13.8. The first-order chi connectivity index (χ1) is 9.11. The number of halogens is 2. The van der Waals surface area contributed by atoms with Crippen LogP contribution in [0.15, 0.2) is 29.6 Å². The standard InChI is InChI=1S/C15H17F2NS/c1-3-18-14(15-10(2)6-7-19-15)9-11-4-5-12(16)13(17)8-11/h4-8,14,18H,3,9H2,1-2H3. The van der Waals surface area contributed by atoms with Crippen molar-refractivity contribution in [2.45, 2.75) is 26.3 Å². The molecule has 0 aliphatic carbocycles.